The standard InChI is InChI=1S/C22H16Cl2N4O2/c1-11-25-20(26-30-11)12-4-7-19-15(8-12)16-10-17(14-6-5-13(23)9-18(14)24)22(29)28(3)21(16)27(19)2/h4-10H,1-3H3. The van der Waals surface area contributed by atoms with E-state index in [1.54, 1.807) is 36.7 Å². The van der Waals surface area contributed by atoms with Crippen LogP contribution >= 0.6 is 23.2 Å². The minimum absolute atomic E-state index is 0.133. The van der Waals surface area contributed by atoms with Crippen LogP contribution in [0.3, 0.4) is 0 Å². The molecule has 0 N–H and O–H groups in total. The number of pyridine rings is 1. The molecule has 8 heteroatoms. The van der Waals surface area contributed by atoms with Gasteiger partial charge < -0.3 is 9.09 Å². The minimum atomic E-state index is -0.133. The van der Waals surface area contributed by atoms with Crippen LogP contribution in [0.1, 0.15) is 5.89 Å². The molecule has 0 saturated heterocycles. The third kappa shape index (κ3) is 2.75. The summed E-state index contributed by atoms with van der Waals surface area (Å²) in [4.78, 5) is 17.5. The molecule has 0 amide bonds. The van der Waals surface area contributed by atoms with Crippen molar-refractivity contribution in [2.45, 2.75) is 6.92 Å². The Hall–Kier alpha value is -3.09. The monoisotopic (exact) mass is 438 g/mol. The van der Waals surface area contributed by atoms with Gasteiger partial charge in [-0.25, -0.2) is 0 Å². The van der Waals surface area contributed by atoms with Gasteiger partial charge in [0.1, 0.15) is 5.65 Å². The Kier molecular flexibility index (Phi) is 4.24. The van der Waals surface area contributed by atoms with Crippen LogP contribution in [0, 0.1) is 6.92 Å². The minimum Gasteiger partial charge on any atom is -0.339 e. The van der Waals surface area contributed by atoms with E-state index < -0.39 is 0 Å². The highest BCUT2D eigenvalue weighted by Gasteiger charge is 2.18. The van der Waals surface area contributed by atoms with Gasteiger partial charge in [-0.1, -0.05) is 34.4 Å². The number of benzene rings is 2. The molecule has 2 aromatic carbocycles. The number of aryl methyl sites for hydroxylation is 3. The van der Waals surface area contributed by atoms with Crippen LogP contribution < -0.4 is 5.56 Å². The molecule has 3 heterocycles. The van der Waals surface area contributed by atoms with Gasteiger partial charge in [-0.3, -0.25) is 9.36 Å². The molecule has 0 aliphatic carbocycles. The van der Waals surface area contributed by atoms with Gasteiger partial charge in [-0.2, -0.15) is 4.98 Å². The van der Waals surface area contributed by atoms with Gasteiger partial charge in [0.2, 0.25) is 11.7 Å². The first-order valence-electron chi connectivity index (χ1n) is 9.23. The molecule has 5 rings (SSSR count). The van der Waals surface area contributed by atoms with Crippen molar-refractivity contribution in [2.75, 3.05) is 0 Å². The zero-order valence-corrected chi connectivity index (χ0v) is 17.9. The lowest BCUT2D eigenvalue weighted by Gasteiger charge is -2.09. The van der Waals surface area contributed by atoms with Gasteiger partial charge in [0, 0.05) is 53.5 Å². The van der Waals surface area contributed by atoms with Crippen molar-refractivity contribution in [3.63, 3.8) is 0 Å². The largest absolute Gasteiger partial charge is 0.339 e. The third-order valence-corrected chi connectivity index (χ3v) is 5.90. The van der Waals surface area contributed by atoms with Gasteiger partial charge in [-0.15, -0.1) is 0 Å². The molecular weight excluding hydrogens is 423 g/mol. The topological polar surface area (TPSA) is 65.8 Å². The molecule has 3 aromatic heterocycles. The molecule has 0 bridgehead atoms. The SMILES string of the molecule is Cc1nc(-c2ccc3c(c2)c2cc(-c4ccc(Cl)cc4Cl)c(=O)n(C)c2n3C)no1. The molecule has 30 heavy (non-hydrogen) atoms. The van der Waals surface area contributed by atoms with Crippen LogP contribution in [0.25, 0.3) is 44.5 Å². The molecule has 0 spiro atoms. The first-order valence-corrected chi connectivity index (χ1v) is 9.99. The molecule has 150 valence electrons. The van der Waals surface area contributed by atoms with Crippen molar-refractivity contribution in [2.24, 2.45) is 14.1 Å². The summed E-state index contributed by atoms with van der Waals surface area (Å²) < 4.78 is 8.77. The number of aromatic nitrogens is 4. The summed E-state index contributed by atoms with van der Waals surface area (Å²) in [5, 5.41) is 6.88. The summed E-state index contributed by atoms with van der Waals surface area (Å²) in [6, 6.07) is 13.0. The Balaban J connectivity index is 1.85. The first kappa shape index (κ1) is 18.9. The maximum Gasteiger partial charge on any atom is 0.259 e. The third-order valence-electron chi connectivity index (χ3n) is 5.36. The molecule has 0 saturated carbocycles. The fourth-order valence-electron chi connectivity index (χ4n) is 3.95. The number of hydrogen-bond acceptors (Lipinski definition) is 4. The second-order valence-corrected chi connectivity index (χ2v) is 8.06. The highest BCUT2D eigenvalue weighted by Crippen LogP contribution is 2.34. The van der Waals surface area contributed by atoms with Crippen LogP contribution in [0.15, 0.2) is 51.8 Å². The first-order chi connectivity index (χ1) is 14.3. The van der Waals surface area contributed by atoms with Gasteiger partial charge in [0.15, 0.2) is 0 Å². The highest BCUT2D eigenvalue weighted by molar-refractivity contribution is 6.36. The summed E-state index contributed by atoms with van der Waals surface area (Å²) in [5.41, 5.74) is 3.66. The summed E-state index contributed by atoms with van der Waals surface area (Å²) in [6.45, 7) is 1.75. The molecular formula is C22H16Cl2N4O2. The van der Waals surface area contributed by atoms with E-state index in [0.717, 1.165) is 27.5 Å². The van der Waals surface area contributed by atoms with Crippen LogP contribution in [-0.2, 0) is 14.1 Å². The van der Waals surface area contributed by atoms with E-state index in [1.807, 2.05) is 35.9 Å². The van der Waals surface area contributed by atoms with Crippen LogP contribution in [0.5, 0.6) is 0 Å². The van der Waals surface area contributed by atoms with Crippen molar-refractivity contribution in [3.8, 4) is 22.5 Å². The lowest BCUT2D eigenvalue weighted by Crippen LogP contribution is -2.20. The second kappa shape index (κ2) is 6.72. The molecule has 0 unspecified atom stereocenters. The summed E-state index contributed by atoms with van der Waals surface area (Å²) in [5.74, 6) is 1.03. The van der Waals surface area contributed by atoms with E-state index in [4.69, 9.17) is 27.7 Å². The summed E-state index contributed by atoms with van der Waals surface area (Å²) in [7, 11) is 3.71. The van der Waals surface area contributed by atoms with E-state index in [2.05, 4.69) is 10.1 Å². The predicted octanol–water partition coefficient (Wildman–Crippen LogP) is 5.36. The zero-order chi connectivity index (χ0) is 21.2. The van der Waals surface area contributed by atoms with Crippen molar-refractivity contribution in [1.82, 2.24) is 19.3 Å². The predicted molar refractivity (Wildman–Crippen MR) is 119 cm³/mol. The summed E-state index contributed by atoms with van der Waals surface area (Å²) in [6.07, 6.45) is 0. The van der Waals surface area contributed by atoms with E-state index in [9.17, 15) is 4.79 Å². The molecule has 0 atom stereocenters. The average molecular weight is 439 g/mol. The fraction of sp³-hybridized carbons (Fsp3) is 0.136. The number of rotatable bonds is 2. The smallest absolute Gasteiger partial charge is 0.259 e. The van der Waals surface area contributed by atoms with Gasteiger partial charge >= 0.3 is 0 Å². The molecule has 0 aliphatic rings. The number of halogens is 2. The maximum absolute atomic E-state index is 13.2. The van der Waals surface area contributed by atoms with Gasteiger partial charge in [0.05, 0.1) is 10.5 Å². The van der Waals surface area contributed by atoms with E-state index in [0.29, 0.717) is 32.9 Å². The van der Waals surface area contributed by atoms with Crippen molar-refractivity contribution >= 4 is 45.1 Å². The lowest BCUT2D eigenvalue weighted by atomic mass is 10.0. The molecule has 0 radical (unpaired) electrons. The van der Waals surface area contributed by atoms with Crippen LogP contribution in [-0.4, -0.2) is 19.3 Å². The van der Waals surface area contributed by atoms with E-state index in [-0.39, 0.29) is 5.56 Å². The number of hydrogen-bond donors (Lipinski definition) is 0. The number of fused-ring (bicyclic) bond motifs is 3. The maximum atomic E-state index is 13.2. The van der Waals surface area contributed by atoms with Crippen molar-refractivity contribution in [1.29, 1.82) is 0 Å². The van der Waals surface area contributed by atoms with Gasteiger partial charge in [-0.05, 0) is 36.4 Å². The Morgan fingerprint density at radius 2 is 1.73 bits per heavy atom. The molecule has 6 nitrogen and oxygen atoms in total. The Labute approximate surface area is 181 Å². The Morgan fingerprint density at radius 3 is 2.43 bits per heavy atom. The van der Waals surface area contributed by atoms with E-state index >= 15 is 0 Å². The van der Waals surface area contributed by atoms with Crippen LogP contribution in [0.2, 0.25) is 10.0 Å². The zero-order valence-electron chi connectivity index (χ0n) is 16.4. The fourth-order valence-corrected chi connectivity index (χ4v) is 4.46. The average Bonchev–Trinajstić information content (AvgIpc) is 3.26. The Bertz CT molecular complexity index is 1530. The van der Waals surface area contributed by atoms with Crippen molar-refractivity contribution < 1.29 is 4.52 Å². The normalized spacial score (nSPS) is 11.6. The second-order valence-electron chi connectivity index (χ2n) is 7.21. The number of nitrogens with zero attached hydrogens (tertiary/aromatic N) is 4. The molecule has 5 aromatic rings. The molecule has 0 aliphatic heterocycles. The molecule has 0 fully saturated rings. The van der Waals surface area contributed by atoms with Gasteiger partial charge in [0.25, 0.3) is 5.56 Å². The Morgan fingerprint density at radius 1 is 0.933 bits per heavy atom. The summed E-state index contributed by atoms with van der Waals surface area (Å²) >= 11 is 12.4. The lowest BCUT2D eigenvalue weighted by molar-refractivity contribution is 0.394. The van der Waals surface area contributed by atoms with E-state index in [1.165, 1.54) is 0 Å². The van der Waals surface area contributed by atoms with Crippen molar-refractivity contribution in [3.05, 3.63) is 68.8 Å². The quantitative estimate of drug-likeness (QED) is 0.371. The highest BCUT2D eigenvalue weighted by atomic mass is 35.5. The van der Waals surface area contributed by atoms with Crippen LogP contribution in [0.4, 0.5) is 0 Å².